The number of alkyl halides is 3. The van der Waals surface area contributed by atoms with Crippen molar-refractivity contribution in [3.05, 3.63) is 47.8 Å². The summed E-state index contributed by atoms with van der Waals surface area (Å²) in [5.74, 6) is -0.861. The molecule has 8 nitrogen and oxygen atoms in total. The fourth-order valence-electron chi connectivity index (χ4n) is 3.15. The first-order valence-corrected chi connectivity index (χ1v) is 9.66. The molecule has 2 heterocycles. The van der Waals surface area contributed by atoms with Gasteiger partial charge in [0.1, 0.15) is 13.3 Å². The van der Waals surface area contributed by atoms with Crippen molar-refractivity contribution in [1.29, 1.82) is 0 Å². The van der Waals surface area contributed by atoms with Crippen molar-refractivity contribution in [2.75, 3.05) is 18.5 Å². The predicted molar refractivity (Wildman–Crippen MR) is 103 cm³/mol. The molecule has 0 bridgehead atoms. The average Bonchev–Trinajstić information content (AvgIpc) is 3.24. The van der Waals surface area contributed by atoms with Gasteiger partial charge in [-0.25, -0.2) is 4.68 Å². The molecule has 1 aliphatic rings. The number of imide groups is 1. The number of nitrogens with zero attached hydrogens (tertiary/aromatic N) is 3. The van der Waals surface area contributed by atoms with Gasteiger partial charge in [0.15, 0.2) is 0 Å². The summed E-state index contributed by atoms with van der Waals surface area (Å²) in [6.07, 6.45) is 0.269. The Labute approximate surface area is 176 Å². The minimum Gasteiger partial charge on any atom is -0.350 e. The van der Waals surface area contributed by atoms with Crippen LogP contribution in [0.5, 0.6) is 0 Å². The highest BCUT2D eigenvalue weighted by Gasteiger charge is 2.34. The summed E-state index contributed by atoms with van der Waals surface area (Å²) in [6, 6.07) is 6.69. The SMILES string of the molecule is O=C(CCCCCN1C(=O)c2ccccc2C1=O)Nc1cnn(COCC(F)(F)F)c1. The van der Waals surface area contributed by atoms with Crippen LogP contribution in [0.4, 0.5) is 18.9 Å². The van der Waals surface area contributed by atoms with Crippen molar-refractivity contribution in [2.45, 2.75) is 38.6 Å². The molecule has 0 aliphatic carbocycles. The predicted octanol–water partition coefficient (Wildman–Crippen LogP) is 3.21. The van der Waals surface area contributed by atoms with Gasteiger partial charge in [-0.1, -0.05) is 18.6 Å². The van der Waals surface area contributed by atoms with E-state index in [2.05, 4.69) is 15.2 Å². The maximum Gasteiger partial charge on any atom is 0.411 e. The normalized spacial score (nSPS) is 13.6. The van der Waals surface area contributed by atoms with Gasteiger partial charge in [-0.15, -0.1) is 0 Å². The lowest BCUT2D eigenvalue weighted by Gasteiger charge is -2.13. The third-order valence-electron chi connectivity index (χ3n) is 4.57. The third-order valence-corrected chi connectivity index (χ3v) is 4.57. The molecule has 1 aromatic heterocycles. The van der Waals surface area contributed by atoms with Crippen LogP contribution in [0.2, 0.25) is 0 Å². The molecule has 31 heavy (non-hydrogen) atoms. The van der Waals surface area contributed by atoms with Gasteiger partial charge < -0.3 is 10.1 Å². The van der Waals surface area contributed by atoms with E-state index in [4.69, 9.17) is 0 Å². The van der Waals surface area contributed by atoms with Crippen LogP contribution in [0, 0.1) is 0 Å². The number of fused-ring (bicyclic) bond motifs is 1. The first-order valence-electron chi connectivity index (χ1n) is 9.66. The van der Waals surface area contributed by atoms with Crippen molar-refractivity contribution in [3.8, 4) is 0 Å². The molecule has 3 amide bonds. The molecule has 0 unspecified atom stereocenters. The number of rotatable bonds is 10. The van der Waals surface area contributed by atoms with Gasteiger partial charge in [-0.05, 0) is 25.0 Å². The summed E-state index contributed by atoms with van der Waals surface area (Å²) in [5.41, 5.74) is 1.18. The second-order valence-electron chi connectivity index (χ2n) is 7.03. The van der Waals surface area contributed by atoms with E-state index in [1.807, 2.05) is 0 Å². The molecule has 2 aromatic rings. The Balaban J connectivity index is 1.32. The number of nitrogens with one attached hydrogen (secondary N) is 1. The molecule has 0 radical (unpaired) electrons. The van der Waals surface area contributed by atoms with Gasteiger partial charge in [-0.3, -0.25) is 19.3 Å². The van der Waals surface area contributed by atoms with E-state index in [-0.39, 0.29) is 30.9 Å². The minimum absolute atomic E-state index is 0.220. The summed E-state index contributed by atoms with van der Waals surface area (Å²) < 4.78 is 41.8. The van der Waals surface area contributed by atoms with Crippen LogP contribution >= 0.6 is 0 Å². The highest BCUT2D eigenvalue weighted by atomic mass is 19.4. The van der Waals surface area contributed by atoms with Crippen molar-refractivity contribution in [2.24, 2.45) is 0 Å². The Kier molecular flexibility index (Phi) is 7.06. The molecule has 0 atom stereocenters. The molecule has 0 fully saturated rings. The number of amides is 3. The molecular formula is C20H21F3N4O4. The maximum absolute atomic E-state index is 12.3. The smallest absolute Gasteiger partial charge is 0.350 e. The third kappa shape index (κ3) is 6.14. The quantitative estimate of drug-likeness (QED) is 0.454. The van der Waals surface area contributed by atoms with Crippen LogP contribution in [-0.4, -0.2) is 51.7 Å². The number of aromatic nitrogens is 2. The fourth-order valence-corrected chi connectivity index (χ4v) is 3.15. The first-order chi connectivity index (χ1) is 14.7. The van der Waals surface area contributed by atoms with Crippen LogP contribution < -0.4 is 5.32 Å². The van der Waals surface area contributed by atoms with Crippen molar-refractivity contribution in [1.82, 2.24) is 14.7 Å². The Bertz CT molecular complexity index is 923. The Morgan fingerprint density at radius 1 is 1.06 bits per heavy atom. The largest absolute Gasteiger partial charge is 0.411 e. The molecule has 0 saturated carbocycles. The molecule has 0 saturated heterocycles. The van der Waals surface area contributed by atoms with Gasteiger partial charge in [0.2, 0.25) is 5.91 Å². The van der Waals surface area contributed by atoms with E-state index in [1.165, 1.54) is 17.3 Å². The molecule has 1 N–H and O–H groups in total. The number of benzene rings is 1. The number of hydrogen-bond acceptors (Lipinski definition) is 5. The van der Waals surface area contributed by atoms with Crippen LogP contribution in [0.15, 0.2) is 36.7 Å². The lowest BCUT2D eigenvalue weighted by Crippen LogP contribution is -2.30. The lowest BCUT2D eigenvalue weighted by molar-refractivity contribution is -0.182. The summed E-state index contributed by atoms with van der Waals surface area (Å²) in [7, 11) is 0. The number of carbonyl (C=O) groups is 3. The number of halogens is 3. The van der Waals surface area contributed by atoms with E-state index < -0.39 is 12.8 Å². The van der Waals surface area contributed by atoms with Gasteiger partial charge >= 0.3 is 6.18 Å². The van der Waals surface area contributed by atoms with Crippen LogP contribution in [0.1, 0.15) is 46.4 Å². The van der Waals surface area contributed by atoms with Gasteiger partial charge in [0, 0.05) is 13.0 Å². The van der Waals surface area contributed by atoms with Gasteiger partial charge in [-0.2, -0.15) is 18.3 Å². The summed E-state index contributed by atoms with van der Waals surface area (Å²) in [4.78, 5) is 37.8. The van der Waals surface area contributed by atoms with Gasteiger partial charge in [0.05, 0.1) is 29.2 Å². The summed E-state index contributed by atoms with van der Waals surface area (Å²) in [6.45, 7) is -1.47. The highest BCUT2D eigenvalue weighted by molar-refractivity contribution is 6.21. The van der Waals surface area contributed by atoms with Crippen molar-refractivity contribution >= 4 is 23.4 Å². The number of anilines is 1. The molecule has 3 rings (SSSR count). The fraction of sp³-hybridized carbons (Fsp3) is 0.400. The average molecular weight is 438 g/mol. The molecule has 11 heteroatoms. The van der Waals surface area contributed by atoms with E-state index >= 15 is 0 Å². The van der Waals surface area contributed by atoms with Crippen LogP contribution in [0.25, 0.3) is 0 Å². The molecular weight excluding hydrogens is 417 g/mol. The molecule has 0 spiro atoms. The lowest BCUT2D eigenvalue weighted by atomic mass is 10.1. The maximum atomic E-state index is 12.3. The number of hydrogen-bond donors (Lipinski definition) is 1. The Morgan fingerprint density at radius 2 is 1.74 bits per heavy atom. The van der Waals surface area contributed by atoms with Crippen molar-refractivity contribution in [3.63, 3.8) is 0 Å². The van der Waals surface area contributed by atoms with Gasteiger partial charge in [0.25, 0.3) is 11.8 Å². The zero-order chi connectivity index (χ0) is 22.4. The minimum atomic E-state index is -4.41. The monoisotopic (exact) mass is 438 g/mol. The first kappa shape index (κ1) is 22.5. The second kappa shape index (κ2) is 9.73. The Hall–Kier alpha value is -3.21. The summed E-state index contributed by atoms with van der Waals surface area (Å²) in [5, 5.41) is 6.42. The van der Waals surface area contributed by atoms with Crippen molar-refractivity contribution < 1.29 is 32.3 Å². The van der Waals surface area contributed by atoms with E-state index in [9.17, 15) is 27.6 Å². The molecule has 166 valence electrons. The Morgan fingerprint density at radius 3 is 2.39 bits per heavy atom. The zero-order valence-corrected chi connectivity index (χ0v) is 16.5. The van der Waals surface area contributed by atoms with Crippen LogP contribution in [0.3, 0.4) is 0 Å². The standard InChI is InChI=1S/C20H21F3N4O4/c21-20(22,23)12-31-13-26-11-14(10-24-26)25-17(28)8-2-1-5-9-27-18(29)15-6-3-4-7-16(15)19(27)30/h3-4,6-7,10-11H,1-2,5,8-9,12-13H2,(H,25,28). The number of carbonyl (C=O) groups excluding carboxylic acids is 3. The second-order valence-corrected chi connectivity index (χ2v) is 7.03. The molecule has 1 aliphatic heterocycles. The number of ether oxygens (including phenoxy) is 1. The molecule has 1 aromatic carbocycles. The van der Waals surface area contributed by atoms with E-state index in [0.29, 0.717) is 42.6 Å². The zero-order valence-electron chi connectivity index (χ0n) is 16.5. The number of unbranched alkanes of at least 4 members (excludes halogenated alkanes) is 2. The van der Waals surface area contributed by atoms with Crippen LogP contribution in [-0.2, 0) is 16.3 Å². The van der Waals surface area contributed by atoms with E-state index in [0.717, 1.165) is 4.68 Å². The highest BCUT2D eigenvalue weighted by Crippen LogP contribution is 2.23. The van der Waals surface area contributed by atoms with E-state index in [1.54, 1.807) is 24.3 Å². The topological polar surface area (TPSA) is 93.5 Å². The summed E-state index contributed by atoms with van der Waals surface area (Å²) >= 11 is 0.